The van der Waals surface area contributed by atoms with E-state index in [9.17, 15) is 32.3 Å². The highest BCUT2D eigenvalue weighted by Gasteiger charge is 2.45. The van der Waals surface area contributed by atoms with Crippen LogP contribution in [0, 0.1) is 0 Å². The van der Waals surface area contributed by atoms with Crippen molar-refractivity contribution in [3.8, 4) is 11.7 Å². The molecule has 1 aliphatic rings. The minimum Gasteiger partial charge on any atom is -0.467 e. The van der Waals surface area contributed by atoms with Gasteiger partial charge in [0.25, 0.3) is 5.91 Å². The zero-order valence-electron chi connectivity index (χ0n) is 29.3. The van der Waals surface area contributed by atoms with Crippen molar-refractivity contribution < 1.29 is 41.8 Å². The van der Waals surface area contributed by atoms with Crippen molar-refractivity contribution in [2.24, 2.45) is 0 Å². The summed E-state index contributed by atoms with van der Waals surface area (Å²) < 4.78 is 50.1. The van der Waals surface area contributed by atoms with E-state index in [0.29, 0.717) is 29.2 Å². The summed E-state index contributed by atoms with van der Waals surface area (Å²) in [6.45, 7) is -2.11. The Hall–Kier alpha value is -6.76. The van der Waals surface area contributed by atoms with Crippen molar-refractivity contribution in [2.75, 3.05) is 36.2 Å². The first-order chi connectivity index (χ1) is 26.8. The first-order valence-electron chi connectivity index (χ1n) is 16.7. The zero-order valence-corrected chi connectivity index (χ0v) is 30.0. The molecule has 1 saturated carbocycles. The van der Waals surface area contributed by atoms with Crippen LogP contribution in [0.2, 0.25) is 5.02 Å². The molecule has 0 bridgehead atoms. The maximum absolute atomic E-state index is 13.1. The number of carbonyl (C=O) groups excluding carboxylic acids is 4. The average Bonchev–Trinajstić information content (AvgIpc) is 3.74. The van der Waals surface area contributed by atoms with Gasteiger partial charge in [0.1, 0.15) is 6.04 Å². The van der Waals surface area contributed by atoms with Crippen LogP contribution in [-0.2, 0) is 24.7 Å². The molecule has 16 nitrogen and oxygen atoms in total. The van der Waals surface area contributed by atoms with Crippen LogP contribution in [0.5, 0.6) is 6.01 Å². The summed E-state index contributed by atoms with van der Waals surface area (Å²) in [5.41, 5.74) is 1.80. The van der Waals surface area contributed by atoms with Gasteiger partial charge in [0.15, 0.2) is 6.61 Å². The van der Waals surface area contributed by atoms with Crippen molar-refractivity contribution in [1.82, 2.24) is 35.4 Å². The molecule has 0 saturated heterocycles. The number of carbonyl (C=O) groups is 4. The number of benzene rings is 3. The molecule has 2 heterocycles. The van der Waals surface area contributed by atoms with E-state index in [1.165, 1.54) is 24.3 Å². The maximum Gasteiger partial charge on any atom is 0.422 e. The fourth-order valence-electron chi connectivity index (χ4n) is 5.27. The summed E-state index contributed by atoms with van der Waals surface area (Å²) >= 11 is 6.03. The first-order valence-corrected chi connectivity index (χ1v) is 17.1. The van der Waals surface area contributed by atoms with Gasteiger partial charge in [-0.1, -0.05) is 23.7 Å². The molecule has 1 atom stereocenters. The van der Waals surface area contributed by atoms with E-state index in [0.717, 1.165) is 18.4 Å². The summed E-state index contributed by atoms with van der Waals surface area (Å²) in [6.07, 6.45) is 0.113. The number of rotatable bonds is 14. The van der Waals surface area contributed by atoms with Gasteiger partial charge in [-0.15, -0.1) is 0 Å². The number of hydrogen-bond acceptors (Lipinski definition) is 12. The Bertz CT molecular complexity index is 2190. The summed E-state index contributed by atoms with van der Waals surface area (Å²) in [5.74, 6) is -3.89. The lowest BCUT2D eigenvalue weighted by atomic mass is 10.1. The Morgan fingerprint density at radius 2 is 1.57 bits per heavy atom. The maximum atomic E-state index is 13.1. The molecular weight excluding hydrogens is 761 g/mol. The highest BCUT2D eigenvalue weighted by atomic mass is 35.5. The van der Waals surface area contributed by atoms with Crippen molar-refractivity contribution in [1.29, 1.82) is 0 Å². The standard InChI is InChI=1S/C36H32ClF3N10O6/c1-55-31(54)27(19-41-29(52)30(53)43-24-11-13-26(14-12-24)50-18-2-17-42-50)45-28(51)21-3-9-25(10-4-21)44-32-46-33(48-34(47-32)56-20-36(38,39)40)49-35(15-16-35)22-5-7-23(37)8-6-22/h2-14,17-18,27H,15-16,19-20H2,1H3,(H,41,52)(H,43,53)(H,45,51)(H2,44,46,47,48,49)/t27-/m0/s1. The number of nitrogens with one attached hydrogen (secondary N) is 5. The molecule has 6 rings (SSSR count). The van der Waals surface area contributed by atoms with Gasteiger partial charge in [0, 0.05) is 40.9 Å². The molecule has 5 aromatic rings. The molecule has 3 amide bonds. The Morgan fingerprint density at radius 3 is 2.20 bits per heavy atom. The molecule has 0 radical (unpaired) electrons. The van der Waals surface area contributed by atoms with Crippen LogP contribution in [-0.4, -0.2) is 80.9 Å². The summed E-state index contributed by atoms with van der Waals surface area (Å²) in [6, 6.07) is 19.1. The predicted octanol–water partition coefficient (Wildman–Crippen LogP) is 4.52. The van der Waals surface area contributed by atoms with Crippen molar-refractivity contribution in [3.05, 3.63) is 107 Å². The minimum absolute atomic E-state index is 0.0402. The number of aromatic nitrogens is 5. The van der Waals surface area contributed by atoms with Crippen LogP contribution in [0.15, 0.2) is 91.3 Å². The largest absolute Gasteiger partial charge is 0.467 e. The topological polar surface area (TPSA) is 203 Å². The summed E-state index contributed by atoms with van der Waals surface area (Å²) in [4.78, 5) is 62.9. The average molecular weight is 793 g/mol. The lowest BCUT2D eigenvalue weighted by molar-refractivity contribution is -0.154. The summed E-state index contributed by atoms with van der Waals surface area (Å²) in [5, 5.41) is 17.9. The molecule has 3 aromatic carbocycles. The minimum atomic E-state index is -4.65. The number of hydrogen-bond donors (Lipinski definition) is 5. The first kappa shape index (κ1) is 38.9. The van der Waals surface area contributed by atoms with E-state index in [-0.39, 0.29) is 17.5 Å². The van der Waals surface area contributed by atoms with Crippen LogP contribution in [0.25, 0.3) is 5.69 Å². The Balaban J connectivity index is 1.07. The normalized spacial score (nSPS) is 13.4. The lowest BCUT2D eigenvalue weighted by Gasteiger charge is -2.19. The lowest BCUT2D eigenvalue weighted by Crippen LogP contribution is -2.50. The fraction of sp³-hybridized carbons (Fsp3) is 0.222. The third-order valence-corrected chi connectivity index (χ3v) is 8.49. The van der Waals surface area contributed by atoms with Crippen LogP contribution < -0.4 is 31.3 Å². The van der Waals surface area contributed by atoms with Gasteiger partial charge in [0.2, 0.25) is 11.9 Å². The van der Waals surface area contributed by atoms with E-state index in [2.05, 4.69) is 46.6 Å². The Morgan fingerprint density at radius 1 is 0.893 bits per heavy atom. The number of anilines is 4. The number of alkyl halides is 3. The molecule has 0 unspecified atom stereocenters. The number of halogens is 4. The molecule has 290 valence electrons. The second-order valence-corrected chi connectivity index (χ2v) is 12.7. The molecule has 0 aliphatic heterocycles. The summed E-state index contributed by atoms with van der Waals surface area (Å²) in [7, 11) is 1.09. The monoisotopic (exact) mass is 792 g/mol. The number of nitrogens with zero attached hydrogens (tertiary/aromatic N) is 5. The molecule has 1 aliphatic carbocycles. The van der Waals surface area contributed by atoms with E-state index >= 15 is 0 Å². The quantitative estimate of drug-likeness (QED) is 0.0779. The highest BCUT2D eigenvalue weighted by molar-refractivity contribution is 6.39. The SMILES string of the molecule is COC(=O)[C@H](CNC(=O)C(=O)Nc1ccc(-n2cccn2)cc1)NC(=O)c1ccc(Nc2nc(NC3(c4ccc(Cl)cc4)CC3)nc(OCC(F)(F)F)n2)cc1. The van der Waals surface area contributed by atoms with Crippen LogP contribution in [0.3, 0.4) is 0 Å². The van der Waals surface area contributed by atoms with Gasteiger partial charge < -0.3 is 36.1 Å². The molecular formula is C36H32ClF3N10O6. The van der Waals surface area contributed by atoms with Gasteiger partial charge in [-0.05, 0) is 85.1 Å². The van der Waals surface area contributed by atoms with Crippen LogP contribution in [0.1, 0.15) is 28.8 Å². The Labute approximate surface area is 321 Å². The van der Waals surface area contributed by atoms with Crippen LogP contribution >= 0.6 is 11.6 Å². The second-order valence-electron chi connectivity index (χ2n) is 12.3. The van der Waals surface area contributed by atoms with Crippen molar-refractivity contribution in [2.45, 2.75) is 30.6 Å². The van der Waals surface area contributed by atoms with Gasteiger partial charge in [-0.2, -0.15) is 33.2 Å². The second kappa shape index (κ2) is 16.7. The number of amides is 3. The van der Waals surface area contributed by atoms with E-state index < -0.39 is 60.6 Å². The van der Waals surface area contributed by atoms with Crippen molar-refractivity contribution in [3.63, 3.8) is 0 Å². The molecule has 20 heteroatoms. The Kier molecular flexibility index (Phi) is 11.6. The third kappa shape index (κ3) is 10.3. The van der Waals surface area contributed by atoms with E-state index in [1.807, 2.05) is 12.1 Å². The molecule has 5 N–H and O–H groups in total. The highest BCUT2D eigenvalue weighted by Crippen LogP contribution is 2.48. The van der Waals surface area contributed by atoms with Gasteiger partial charge >= 0.3 is 30.0 Å². The predicted molar refractivity (Wildman–Crippen MR) is 196 cm³/mol. The molecule has 56 heavy (non-hydrogen) atoms. The number of methoxy groups -OCH3 is 1. The molecule has 2 aromatic heterocycles. The van der Waals surface area contributed by atoms with E-state index in [1.54, 1.807) is 59.5 Å². The van der Waals surface area contributed by atoms with Gasteiger partial charge in [-0.3, -0.25) is 14.4 Å². The smallest absolute Gasteiger partial charge is 0.422 e. The van der Waals surface area contributed by atoms with E-state index in [4.69, 9.17) is 21.1 Å². The zero-order chi connectivity index (χ0) is 39.9. The van der Waals surface area contributed by atoms with Gasteiger partial charge in [-0.25, -0.2) is 9.48 Å². The van der Waals surface area contributed by atoms with Crippen molar-refractivity contribution >= 4 is 58.6 Å². The molecule has 1 fully saturated rings. The number of ether oxygens (including phenoxy) is 2. The van der Waals surface area contributed by atoms with Crippen LogP contribution in [0.4, 0.5) is 36.4 Å². The third-order valence-electron chi connectivity index (χ3n) is 8.24. The molecule has 0 spiro atoms. The number of esters is 1. The van der Waals surface area contributed by atoms with Gasteiger partial charge in [0.05, 0.1) is 18.3 Å². The fourth-order valence-corrected chi connectivity index (χ4v) is 5.39.